The molecular weight excluding hydrogens is 176 g/mol. The average molecular weight is 190 g/mol. The van der Waals surface area contributed by atoms with Gasteiger partial charge in [0.05, 0.1) is 5.56 Å². The Hall–Kier alpha value is -1.57. The number of benzene rings is 1. The van der Waals surface area contributed by atoms with Crippen molar-refractivity contribution in [2.75, 3.05) is 6.61 Å². The molecule has 0 unspecified atom stereocenters. The van der Waals surface area contributed by atoms with Gasteiger partial charge >= 0.3 is 0 Å². The first-order valence-electron chi connectivity index (χ1n) is 4.58. The van der Waals surface area contributed by atoms with Gasteiger partial charge in [0, 0.05) is 0 Å². The van der Waals surface area contributed by atoms with Crippen LogP contribution in [0.15, 0.2) is 30.4 Å². The van der Waals surface area contributed by atoms with Gasteiger partial charge in [0.2, 0.25) is 0 Å². The summed E-state index contributed by atoms with van der Waals surface area (Å²) in [5.74, 6) is 0.681. The molecule has 0 aliphatic heterocycles. The fourth-order valence-corrected chi connectivity index (χ4v) is 1.19. The van der Waals surface area contributed by atoms with E-state index in [0.717, 1.165) is 11.8 Å². The zero-order valence-electron chi connectivity index (χ0n) is 8.49. The molecule has 74 valence electrons. The lowest BCUT2D eigenvalue weighted by Gasteiger charge is -2.08. The van der Waals surface area contributed by atoms with Gasteiger partial charge in [-0.1, -0.05) is 24.3 Å². The molecule has 0 bridgehead atoms. The van der Waals surface area contributed by atoms with Crippen LogP contribution in [0.3, 0.4) is 0 Å². The van der Waals surface area contributed by atoms with E-state index in [1.165, 1.54) is 0 Å². The lowest BCUT2D eigenvalue weighted by Crippen LogP contribution is -1.99. The normalized spacial score (nSPS) is 10.4. The molecule has 0 aliphatic rings. The zero-order chi connectivity index (χ0) is 10.4. The predicted octanol–water partition coefficient (Wildman–Crippen LogP) is 2.76. The van der Waals surface area contributed by atoms with Crippen molar-refractivity contribution in [1.82, 2.24) is 0 Å². The van der Waals surface area contributed by atoms with E-state index < -0.39 is 0 Å². The van der Waals surface area contributed by atoms with Crippen molar-refractivity contribution in [3.05, 3.63) is 41.5 Å². The predicted molar refractivity (Wildman–Crippen MR) is 56.9 cm³/mol. The molecule has 0 radical (unpaired) electrons. The molecule has 0 fully saturated rings. The van der Waals surface area contributed by atoms with Crippen LogP contribution in [-0.4, -0.2) is 12.9 Å². The molecule has 2 heteroatoms. The lowest BCUT2D eigenvalue weighted by molar-refractivity contribution is 0.112. The molecule has 0 spiro atoms. The summed E-state index contributed by atoms with van der Waals surface area (Å²) in [6, 6.07) is 5.53. The third-order valence-corrected chi connectivity index (χ3v) is 1.93. The van der Waals surface area contributed by atoms with Gasteiger partial charge in [-0.25, -0.2) is 0 Å². The van der Waals surface area contributed by atoms with Gasteiger partial charge in [0.25, 0.3) is 0 Å². The van der Waals surface area contributed by atoms with Crippen LogP contribution in [0.25, 0.3) is 0 Å². The van der Waals surface area contributed by atoms with E-state index in [9.17, 15) is 4.79 Å². The summed E-state index contributed by atoms with van der Waals surface area (Å²) < 4.78 is 5.48. The highest BCUT2D eigenvalue weighted by atomic mass is 16.5. The summed E-state index contributed by atoms with van der Waals surface area (Å²) in [6.07, 6.45) is 4.64. The number of carbonyl (C=O) groups is 1. The summed E-state index contributed by atoms with van der Waals surface area (Å²) in [5, 5.41) is 0. The number of aryl methyl sites for hydroxylation is 1. The van der Waals surface area contributed by atoms with E-state index in [1.807, 2.05) is 38.1 Å². The Labute approximate surface area is 84.2 Å². The van der Waals surface area contributed by atoms with Crippen LogP contribution in [0.1, 0.15) is 22.8 Å². The second kappa shape index (κ2) is 5.22. The van der Waals surface area contributed by atoms with E-state index in [2.05, 4.69) is 0 Å². The second-order valence-electron chi connectivity index (χ2n) is 2.99. The van der Waals surface area contributed by atoms with E-state index >= 15 is 0 Å². The second-order valence-corrected chi connectivity index (χ2v) is 2.99. The highest BCUT2D eigenvalue weighted by Gasteiger charge is 2.04. The summed E-state index contributed by atoms with van der Waals surface area (Å²) in [7, 11) is 0. The van der Waals surface area contributed by atoms with Crippen molar-refractivity contribution in [2.24, 2.45) is 0 Å². The third-order valence-electron chi connectivity index (χ3n) is 1.93. The molecule has 1 aromatic carbocycles. The van der Waals surface area contributed by atoms with Crippen LogP contribution in [0.4, 0.5) is 0 Å². The standard InChI is InChI=1S/C12H14O2/c1-3-4-8-14-12-10(2)6-5-7-11(12)9-13/h3-7,9H,8H2,1-2H3/b4-3+. The summed E-state index contributed by atoms with van der Waals surface area (Å²) in [5.41, 5.74) is 1.59. The minimum absolute atomic E-state index is 0.502. The lowest BCUT2D eigenvalue weighted by atomic mass is 10.1. The van der Waals surface area contributed by atoms with Crippen molar-refractivity contribution < 1.29 is 9.53 Å². The highest BCUT2D eigenvalue weighted by Crippen LogP contribution is 2.21. The molecule has 2 nitrogen and oxygen atoms in total. The number of rotatable bonds is 4. The van der Waals surface area contributed by atoms with E-state index in [1.54, 1.807) is 6.07 Å². The third kappa shape index (κ3) is 2.46. The maximum absolute atomic E-state index is 10.7. The minimum Gasteiger partial charge on any atom is -0.489 e. The first kappa shape index (κ1) is 10.5. The fraction of sp³-hybridized carbons (Fsp3) is 0.250. The van der Waals surface area contributed by atoms with E-state index in [4.69, 9.17) is 4.74 Å². The summed E-state index contributed by atoms with van der Waals surface area (Å²) >= 11 is 0. The Morgan fingerprint density at radius 2 is 2.21 bits per heavy atom. The Balaban J connectivity index is 2.87. The first-order valence-corrected chi connectivity index (χ1v) is 4.58. The molecule has 0 saturated heterocycles. The van der Waals surface area contributed by atoms with Crippen molar-refractivity contribution in [3.8, 4) is 5.75 Å². The number of hydrogen-bond donors (Lipinski definition) is 0. The highest BCUT2D eigenvalue weighted by molar-refractivity contribution is 5.80. The summed E-state index contributed by atoms with van der Waals surface area (Å²) in [6.45, 7) is 4.36. The molecule has 0 aliphatic carbocycles. The Bertz CT molecular complexity index is 340. The number of aldehydes is 1. The van der Waals surface area contributed by atoms with Crippen molar-refractivity contribution >= 4 is 6.29 Å². The Morgan fingerprint density at radius 1 is 1.43 bits per heavy atom. The smallest absolute Gasteiger partial charge is 0.153 e. The number of ether oxygens (including phenoxy) is 1. The van der Waals surface area contributed by atoms with Crippen molar-refractivity contribution in [1.29, 1.82) is 0 Å². The maximum atomic E-state index is 10.7. The molecule has 0 saturated carbocycles. The molecule has 0 atom stereocenters. The van der Waals surface area contributed by atoms with Gasteiger partial charge in [-0.3, -0.25) is 4.79 Å². The minimum atomic E-state index is 0.502. The quantitative estimate of drug-likeness (QED) is 0.539. The van der Waals surface area contributed by atoms with Crippen LogP contribution < -0.4 is 4.74 Å². The van der Waals surface area contributed by atoms with Crippen molar-refractivity contribution in [3.63, 3.8) is 0 Å². The molecule has 0 N–H and O–H groups in total. The molecule has 1 rings (SSSR count). The van der Waals surface area contributed by atoms with Crippen LogP contribution in [-0.2, 0) is 0 Å². The largest absolute Gasteiger partial charge is 0.489 e. The van der Waals surface area contributed by atoms with Gasteiger partial charge in [-0.2, -0.15) is 0 Å². The van der Waals surface area contributed by atoms with Gasteiger partial charge < -0.3 is 4.74 Å². The molecule has 0 heterocycles. The molecule has 14 heavy (non-hydrogen) atoms. The zero-order valence-corrected chi connectivity index (χ0v) is 8.49. The Kier molecular flexibility index (Phi) is 3.92. The number of para-hydroxylation sites is 1. The van der Waals surface area contributed by atoms with Gasteiger partial charge in [-0.05, 0) is 25.5 Å². The van der Waals surface area contributed by atoms with Crippen molar-refractivity contribution in [2.45, 2.75) is 13.8 Å². The topological polar surface area (TPSA) is 26.3 Å². The van der Waals surface area contributed by atoms with Crippen LogP contribution in [0, 0.1) is 6.92 Å². The monoisotopic (exact) mass is 190 g/mol. The molecular formula is C12H14O2. The van der Waals surface area contributed by atoms with Gasteiger partial charge in [-0.15, -0.1) is 0 Å². The molecule has 0 amide bonds. The van der Waals surface area contributed by atoms with Crippen LogP contribution >= 0.6 is 0 Å². The number of carbonyl (C=O) groups excluding carboxylic acids is 1. The van der Waals surface area contributed by atoms with Gasteiger partial charge in [0.1, 0.15) is 12.4 Å². The Morgan fingerprint density at radius 3 is 2.86 bits per heavy atom. The average Bonchev–Trinajstić information content (AvgIpc) is 2.20. The van der Waals surface area contributed by atoms with E-state index in [-0.39, 0.29) is 0 Å². The number of hydrogen-bond acceptors (Lipinski definition) is 2. The summed E-state index contributed by atoms with van der Waals surface area (Å²) in [4.78, 5) is 10.7. The van der Waals surface area contributed by atoms with Gasteiger partial charge in [0.15, 0.2) is 6.29 Å². The number of allylic oxidation sites excluding steroid dienone is 1. The molecule has 1 aromatic rings. The SMILES string of the molecule is C/C=C/COc1c(C)cccc1C=O. The van der Waals surface area contributed by atoms with Crippen LogP contribution in [0.5, 0.6) is 5.75 Å². The maximum Gasteiger partial charge on any atom is 0.153 e. The van der Waals surface area contributed by atoms with Crippen LogP contribution in [0.2, 0.25) is 0 Å². The fourth-order valence-electron chi connectivity index (χ4n) is 1.19. The molecule has 0 aromatic heterocycles. The first-order chi connectivity index (χ1) is 6.79. The van der Waals surface area contributed by atoms with E-state index in [0.29, 0.717) is 17.9 Å².